The lowest BCUT2D eigenvalue weighted by Gasteiger charge is -2.15. The lowest BCUT2D eigenvalue weighted by atomic mass is 9.95. The highest BCUT2D eigenvalue weighted by molar-refractivity contribution is 6.01. The second-order valence-electron chi connectivity index (χ2n) is 5.23. The maximum Gasteiger partial charge on any atom is 0.235 e. The Hall–Kier alpha value is -2.67. The Bertz CT molecular complexity index is 710. The minimum Gasteiger partial charge on any atom is -0.325 e. The summed E-state index contributed by atoms with van der Waals surface area (Å²) >= 11 is 0. The standard InChI is InChI=1S/C17H13FN2O/c18-14-5-3-13(4-6-14)17(9-10-17)16(21)20-15-7-1-12(11-19)2-8-15/h1-8H,9-10H2,(H,20,21). The summed E-state index contributed by atoms with van der Waals surface area (Å²) in [6, 6.07) is 14.9. The molecule has 0 bridgehead atoms. The van der Waals surface area contributed by atoms with Crippen LogP contribution in [-0.4, -0.2) is 5.91 Å². The van der Waals surface area contributed by atoms with Crippen LogP contribution in [0.5, 0.6) is 0 Å². The number of nitrogens with zero attached hydrogens (tertiary/aromatic N) is 1. The summed E-state index contributed by atoms with van der Waals surface area (Å²) in [6.07, 6.45) is 1.53. The van der Waals surface area contributed by atoms with Crippen LogP contribution in [0.4, 0.5) is 10.1 Å². The largest absolute Gasteiger partial charge is 0.325 e. The van der Waals surface area contributed by atoms with Crippen LogP contribution in [0.15, 0.2) is 48.5 Å². The Morgan fingerprint density at radius 1 is 1.10 bits per heavy atom. The van der Waals surface area contributed by atoms with E-state index in [2.05, 4.69) is 5.32 Å². The quantitative estimate of drug-likeness (QED) is 0.937. The van der Waals surface area contributed by atoms with Crippen molar-refractivity contribution in [3.05, 3.63) is 65.5 Å². The molecule has 1 aliphatic carbocycles. The van der Waals surface area contributed by atoms with Crippen LogP contribution < -0.4 is 5.32 Å². The highest BCUT2D eigenvalue weighted by atomic mass is 19.1. The molecule has 1 fully saturated rings. The van der Waals surface area contributed by atoms with E-state index in [4.69, 9.17) is 5.26 Å². The normalized spacial score (nSPS) is 15.0. The van der Waals surface area contributed by atoms with Gasteiger partial charge in [-0.25, -0.2) is 4.39 Å². The maximum atomic E-state index is 13.0. The van der Waals surface area contributed by atoms with E-state index >= 15 is 0 Å². The fourth-order valence-corrected chi connectivity index (χ4v) is 2.42. The molecular formula is C17H13FN2O. The number of hydrogen-bond acceptors (Lipinski definition) is 2. The van der Waals surface area contributed by atoms with Gasteiger partial charge in [0.15, 0.2) is 0 Å². The summed E-state index contributed by atoms with van der Waals surface area (Å²) in [5.74, 6) is -0.388. The molecule has 1 aliphatic rings. The van der Waals surface area contributed by atoms with Crippen molar-refractivity contribution in [3.63, 3.8) is 0 Å². The first-order valence-electron chi connectivity index (χ1n) is 6.72. The molecule has 0 aliphatic heterocycles. The molecule has 0 radical (unpaired) electrons. The minimum atomic E-state index is -0.540. The van der Waals surface area contributed by atoms with Gasteiger partial charge in [-0.15, -0.1) is 0 Å². The second kappa shape index (κ2) is 5.02. The molecule has 4 heteroatoms. The van der Waals surface area contributed by atoms with E-state index in [9.17, 15) is 9.18 Å². The van der Waals surface area contributed by atoms with E-state index in [-0.39, 0.29) is 11.7 Å². The number of nitrogens with one attached hydrogen (secondary N) is 1. The van der Waals surface area contributed by atoms with Crippen LogP contribution in [0, 0.1) is 17.1 Å². The third-order valence-corrected chi connectivity index (χ3v) is 3.85. The van der Waals surface area contributed by atoms with Gasteiger partial charge in [0.25, 0.3) is 0 Å². The van der Waals surface area contributed by atoms with Crippen molar-refractivity contribution < 1.29 is 9.18 Å². The van der Waals surface area contributed by atoms with Gasteiger partial charge in [0.2, 0.25) is 5.91 Å². The van der Waals surface area contributed by atoms with E-state index in [1.165, 1.54) is 12.1 Å². The number of hydrogen-bond donors (Lipinski definition) is 1. The minimum absolute atomic E-state index is 0.0844. The number of halogens is 1. The third kappa shape index (κ3) is 2.50. The van der Waals surface area contributed by atoms with Crippen molar-refractivity contribution in [2.24, 2.45) is 0 Å². The number of benzene rings is 2. The molecule has 3 nitrogen and oxygen atoms in total. The first kappa shape index (κ1) is 13.3. The second-order valence-corrected chi connectivity index (χ2v) is 5.23. The van der Waals surface area contributed by atoms with Crippen molar-refractivity contribution in [2.45, 2.75) is 18.3 Å². The summed E-state index contributed by atoms with van der Waals surface area (Å²) in [5.41, 5.74) is 1.51. The molecule has 0 heterocycles. The van der Waals surface area contributed by atoms with Gasteiger partial charge in [-0.1, -0.05) is 12.1 Å². The van der Waals surface area contributed by atoms with Crippen molar-refractivity contribution in [1.29, 1.82) is 5.26 Å². The zero-order valence-electron chi connectivity index (χ0n) is 11.3. The molecule has 1 N–H and O–H groups in total. The predicted octanol–water partition coefficient (Wildman–Crippen LogP) is 3.37. The topological polar surface area (TPSA) is 52.9 Å². The zero-order chi connectivity index (χ0) is 14.9. The summed E-state index contributed by atoms with van der Waals surface area (Å²) in [7, 11) is 0. The van der Waals surface area contributed by atoms with Gasteiger partial charge in [-0.2, -0.15) is 5.26 Å². The summed E-state index contributed by atoms with van der Waals surface area (Å²) in [6.45, 7) is 0. The summed E-state index contributed by atoms with van der Waals surface area (Å²) in [5, 5.41) is 11.6. The molecule has 2 aromatic rings. The van der Waals surface area contributed by atoms with Gasteiger partial charge >= 0.3 is 0 Å². The molecule has 1 saturated carbocycles. The first-order chi connectivity index (χ1) is 10.1. The maximum absolute atomic E-state index is 13.0. The van der Waals surface area contributed by atoms with Crippen molar-refractivity contribution >= 4 is 11.6 Å². The van der Waals surface area contributed by atoms with E-state index in [0.29, 0.717) is 11.3 Å². The van der Waals surface area contributed by atoms with E-state index in [1.54, 1.807) is 36.4 Å². The zero-order valence-corrected chi connectivity index (χ0v) is 11.3. The van der Waals surface area contributed by atoms with Crippen LogP contribution in [0.25, 0.3) is 0 Å². The molecule has 0 aromatic heterocycles. The first-order valence-corrected chi connectivity index (χ1v) is 6.72. The van der Waals surface area contributed by atoms with Crippen LogP contribution in [-0.2, 0) is 10.2 Å². The number of carbonyl (C=O) groups is 1. The fourth-order valence-electron chi connectivity index (χ4n) is 2.42. The smallest absolute Gasteiger partial charge is 0.235 e. The highest BCUT2D eigenvalue weighted by Crippen LogP contribution is 2.49. The lowest BCUT2D eigenvalue weighted by molar-refractivity contribution is -0.118. The molecule has 21 heavy (non-hydrogen) atoms. The number of anilines is 1. The molecular weight excluding hydrogens is 267 g/mol. The molecule has 104 valence electrons. The van der Waals surface area contributed by atoms with Crippen LogP contribution in [0.2, 0.25) is 0 Å². The van der Waals surface area contributed by atoms with Crippen LogP contribution in [0.3, 0.4) is 0 Å². The lowest BCUT2D eigenvalue weighted by Crippen LogP contribution is -2.27. The molecule has 0 spiro atoms. The van der Waals surface area contributed by atoms with Crippen molar-refractivity contribution in [1.82, 2.24) is 0 Å². The summed E-state index contributed by atoms with van der Waals surface area (Å²) in [4.78, 5) is 12.5. The number of carbonyl (C=O) groups excluding carboxylic acids is 1. The predicted molar refractivity (Wildman–Crippen MR) is 77.1 cm³/mol. The van der Waals surface area contributed by atoms with E-state index in [1.807, 2.05) is 6.07 Å². The van der Waals surface area contributed by atoms with Gasteiger partial charge in [0.1, 0.15) is 5.82 Å². The van der Waals surface area contributed by atoms with Crippen molar-refractivity contribution in [3.8, 4) is 6.07 Å². The Morgan fingerprint density at radius 2 is 1.71 bits per heavy atom. The van der Waals surface area contributed by atoms with E-state index < -0.39 is 5.41 Å². The monoisotopic (exact) mass is 280 g/mol. The molecule has 1 amide bonds. The third-order valence-electron chi connectivity index (χ3n) is 3.85. The molecule has 3 rings (SSSR count). The van der Waals surface area contributed by atoms with Gasteiger partial charge < -0.3 is 5.32 Å². The molecule has 2 aromatic carbocycles. The summed E-state index contributed by atoms with van der Waals surface area (Å²) < 4.78 is 13.0. The fraction of sp³-hybridized carbons (Fsp3) is 0.176. The Balaban J connectivity index is 1.78. The Morgan fingerprint density at radius 3 is 2.24 bits per heavy atom. The van der Waals surface area contributed by atoms with E-state index in [0.717, 1.165) is 18.4 Å². The van der Waals surface area contributed by atoms with Crippen LogP contribution in [0.1, 0.15) is 24.0 Å². The SMILES string of the molecule is N#Cc1ccc(NC(=O)C2(c3ccc(F)cc3)CC2)cc1. The Kier molecular flexibility index (Phi) is 3.19. The van der Waals surface area contributed by atoms with Gasteiger partial charge in [0, 0.05) is 5.69 Å². The highest BCUT2D eigenvalue weighted by Gasteiger charge is 2.51. The van der Waals surface area contributed by atoms with Gasteiger partial charge in [0.05, 0.1) is 17.0 Å². The van der Waals surface area contributed by atoms with Crippen LogP contribution >= 0.6 is 0 Å². The van der Waals surface area contributed by atoms with Crippen molar-refractivity contribution in [2.75, 3.05) is 5.32 Å². The number of nitriles is 1. The number of amides is 1. The number of rotatable bonds is 3. The molecule has 0 atom stereocenters. The molecule has 0 saturated heterocycles. The average Bonchev–Trinajstić information content (AvgIpc) is 3.30. The van der Waals surface area contributed by atoms with Gasteiger partial charge in [-0.05, 0) is 54.8 Å². The molecule has 0 unspecified atom stereocenters. The van der Waals surface area contributed by atoms with Gasteiger partial charge in [-0.3, -0.25) is 4.79 Å². The average molecular weight is 280 g/mol. The Labute approximate surface area is 122 Å².